The summed E-state index contributed by atoms with van der Waals surface area (Å²) in [5, 5.41) is 2.81. The van der Waals surface area contributed by atoms with Crippen LogP contribution in [0.15, 0.2) is 42.5 Å². The fraction of sp³-hybridized carbons (Fsp3) is 0.222. The zero-order chi connectivity index (χ0) is 15.9. The number of aldehydes is 1. The third-order valence-electron chi connectivity index (χ3n) is 3.30. The highest BCUT2D eigenvalue weighted by atomic mass is 16.5. The zero-order valence-electron chi connectivity index (χ0n) is 12.8. The minimum Gasteiger partial charge on any atom is -0.483 e. The molecule has 0 saturated heterocycles. The van der Waals surface area contributed by atoms with E-state index in [0.717, 1.165) is 23.0 Å². The van der Waals surface area contributed by atoms with E-state index in [0.29, 0.717) is 17.9 Å². The van der Waals surface area contributed by atoms with Crippen molar-refractivity contribution in [3.8, 4) is 5.75 Å². The summed E-state index contributed by atoms with van der Waals surface area (Å²) in [6.45, 7) is 4.15. The van der Waals surface area contributed by atoms with Gasteiger partial charge in [-0.15, -0.1) is 0 Å². The van der Waals surface area contributed by atoms with Gasteiger partial charge in [-0.3, -0.25) is 9.59 Å². The molecule has 0 unspecified atom stereocenters. The number of aryl methyl sites for hydroxylation is 2. The van der Waals surface area contributed by atoms with Gasteiger partial charge in [-0.2, -0.15) is 0 Å². The van der Waals surface area contributed by atoms with Gasteiger partial charge in [0.05, 0.1) is 0 Å². The van der Waals surface area contributed by atoms with Crippen LogP contribution in [0.1, 0.15) is 27.0 Å². The van der Waals surface area contributed by atoms with Gasteiger partial charge < -0.3 is 10.1 Å². The zero-order valence-corrected chi connectivity index (χ0v) is 12.8. The van der Waals surface area contributed by atoms with Gasteiger partial charge in [0.15, 0.2) is 6.61 Å². The Morgan fingerprint density at radius 1 is 1.14 bits per heavy atom. The van der Waals surface area contributed by atoms with Gasteiger partial charge in [-0.1, -0.05) is 30.3 Å². The lowest BCUT2D eigenvalue weighted by molar-refractivity contribution is -0.123. The van der Waals surface area contributed by atoms with E-state index < -0.39 is 0 Å². The summed E-state index contributed by atoms with van der Waals surface area (Å²) in [5.41, 5.74) is 3.34. The number of benzene rings is 2. The Hall–Kier alpha value is -2.62. The van der Waals surface area contributed by atoms with Crippen LogP contribution in [0, 0.1) is 13.8 Å². The number of carbonyl (C=O) groups is 2. The number of hydrogen-bond acceptors (Lipinski definition) is 3. The SMILES string of the molecule is Cc1cc(C=O)cc(C)c1OCC(=O)NCc1ccccc1. The Bertz CT molecular complexity index is 642. The van der Waals surface area contributed by atoms with Crippen LogP contribution < -0.4 is 10.1 Å². The third-order valence-corrected chi connectivity index (χ3v) is 3.30. The van der Waals surface area contributed by atoms with Crippen LogP contribution >= 0.6 is 0 Å². The van der Waals surface area contributed by atoms with Crippen LogP contribution in [-0.4, -0.2) is 18.8 Å². The van der Waals surface area contributed by atoms with E-state index in [-0.39, 0.29) is 12.5 Å². The number of carbonyl (C=O) groups excluding carboxylic acids is 2. The maximum absolute atomic E-state index is 11.8. The fourth-order valence-electron chi connectivity index (χ4n) is 2.26. The van der Waals surface area contributed by atoms with E-state index in [2.05, 4.69) is 5.32 Å². The van der Waals surface area contributed by atoms with Crippen molar-refractivity contribution in [3.05, 3.63) is 64.7 Å². The second kappa shape index (κ2) is 7.41. The molecule has 2 aromatic rings. The summed E-state index contributed by atoms with van der Waals surface area (Å²) in [4.78, 5) is 22.6. The number of rotatable bonds is 6. The molecule has 0 atom stereocenters. The first kappa shape index (κ1) is 15.8. The van der Waals surface area contributed by atoms with Crippen molar-refractivity contribution in [2.24, 2.45) is 0 Å². The Morgan fingerprint density at radius 2 is 1.77 bits per heavy atom. The summed E-state index contributed by atoms with van der Waals surface area (Å²) in [5.74, 6) is 0.475. The minimum absolute atomic E-state index is 0.0467. The van der Waals surface area contributed by atoms with Crippen molar-refractivity contribution in [1.29, 1.82) is 0 Å². The van der Waals surface area contributed by atoms with Crippen molar-refractivity contribution in [2.75, 3.05) is 6.61 Å². The molecule has 0 aromatic heterocycles. The molecule has 0 fully saturated rings. The molecule has 0 heterocycles. The first-order valence-corrected chi connectivity index (χ1v) is 7.10. The summed E-state index contributed by atoms with van der Waals surface area (Å²) >= 11 is 0. The molecule has 2 aromatic carbocycles. The van der Waals surface area contributed by atoms with E-state index in [1.807, 2.05) is 44.2 Å². The van der Waals surface area contributed by atoms with Crippen molar-refractivity contribution in [3.63, 3.8) is 0 Å². The van der Waals surface area contributed by atoms with E-state index >= 15 is 0 Å². The van der Waals surface area contributed by atoms with Gasteiger partial charge in [-0.05, 0) is 42.7 Å². The van der Waals surface area contributed by atoms with Gasteiger partial charge in [0.1, 0.15) is 12.0 Å². The minimum atomic E-state index is -0.179. The molecule has 114 valence electrons. The van der Waals surface area contributed by atoms with Crippen molar-refractivity contribution < 1.29 is 14.3 Å². The summed E-state index contributed by atoms with van der Waals surface area (Å²) in [7, 11) is 0. The van der Waals surface area contributed by atoms with Crippen LogP contribution in [0.25, 0.3) is 0 Å². The maximum atomic E-state index is 11.8. The van der Waals surface area contributed by atoms with Crippen LogP contribution in [0.4, 0.5) is 0 Å². The Morgan fingerprint density at radius 3 is 2.36 bits per heavy atom. The molecular formula is C18H19NO3. The topological polar surface area (TPSA) is 55.4 Å². The average molecular weight is 297 g/mol. The molecule has 0 aliphatic heterocycles. The van der Waals surface area contributed by atoms with Gasteiger partial charge >= 0.3 is 0 Å². The van der Waals surface area contributed by atoms with E-state index in [1.54, 1.807) is 12.1 Å². The Labute approximate surface area is 130 Å². The first-order valence-electron chi connectivity index (χ1n) is 7.10. The average Bonchev–Trinajstić information content (AvgIpc) is 2.52. The van der Waals surface area contributed by atoms with Crippen molar-refractivity contribution in [1.82, 2.24) is 5.32 Å². The van der Waals surface area contributed by atoms with Gasteiger partial charge in [0, 0.05) is 12.1 Å². The summed E-state index contributed by atoms with van der Waals surface area (Å²) in [6.07, 6.45) is 0.802. The molecule has 0 radical (unpaired) electrons. The smallest absolute Gasteiger partial charge is 0.258 e. The second-order valence-electron chi connectivity index (χ2n) is 5.15. The molecule has 2 rings (SSSR count). The van der Waals surface area contributed by atoms with Crippen LogP contribution in [0.5, 0.6) is 5.75 Å². The van der Waals surface area contributed by atoms with E-state index in [9.17, 15) is 9.59 Å². The number of ether oxygens (including phenoxy) is 1. The molecule has 4 nitrogen and oxygen atoms in total. The lowest BCUT2D eigenvalue weighted by Crippen LogP contribution is -2.28. The highest BCUT2D eigenvalue weighted by Gasteiger charge is 2.09. The van der Waals surface area contributed by atoms with Gasteiger partial charge in [-0.25, -0.2) is 0 Å². The molecule has 4 heteroatoms. The Kier molecular flexibility index (Phi) is 5.31. The lowest BCUT2D eigenvalue weighted by Gasteiger charge is -2.13. The standard InChI is InChI=1S/C18H19NO3/c1-13-8-16(11-20)9-14(2)18(13)22-12-17(21)19-10-15-6-4-3-5-7-15/h3-9,11H,10,12H2,1-2H3,(H,19,21). The van der Waals surface area contributed by atoms with Crippen molar-refractivity contribution >= 4 is 12.2 Å². The largest absolute Gasteiger partial charge is 0.483 e. The van der Waals surface area contributed by atoms with Crippen molar-refractivity contribution in [2.45, 2.75) is 20.4 Å². The number of hydrogen-bond donors (Lipinski definition) is 1. The quantitative estimate of drug-likeness (QED) is 0.834. The van der Waals surface area contributed by atoms with Gasteiger partial charge in [0.2, 0.25) is 0 Å². The third kappa shape index (κ3) is 4.19. The maximum Gasteiger partial charge on any atom is 0.258 e. The molecule has 0 aliphatic carbocycles. The molecular weight excluding hydrogens is 278 g/mol. The highest BCUT2D eigenvalue weighted by Crippen LogP contribution is 2.24. The molecule has 0 aliphatic rings. The van der Waals surface area contributed by atoms with E-state index in [4.69, 9.17) is 4.74 Å². The molecule has 0 saturated carbocycles. The molecule has 1 N–H and O–H groups in total. The van der Waals surface area contributed by atoms with Crippen LogP contribution in [-0.2, 0) is 11.3 Å². The van der Waals surface area contributed by atoms with E-state index in [1.165, 1.54) is 0 Å². The highest BCUT2D eigenvalue weighted by molar-refractivity contribution is 5.78. The Balaban J connectivity index is 1.90. The summed E-state index contributed by atoms with van der Waals surface area (Å²) in [6, 6.07) is 13.2. The monoisotopic (exact) mass is 297 g/mol. The summed E-state index contributed by atoms with van der Waals surface area (Å²) < 4.78 is 5.59. The normalized spacial score (nSPS) is 10.1. The molecule has 0 spiro atoms. The molecule has 22 heavy (non-hydrogen) atoms. The first-order chi connectivity index (χ1) is 10.6. The molecule has 1 amide bonds. The van der Waals surface area contributed by atoms with Gasteiger partial charge in [0.25, 0.3) is 5.91 Å². The molecule has 0 bridgehead atoms. The lowest BCUT2D eigenvalue weighted by atomic mass is 10.1. The predicted octanol–water partition coefficient (Wildman–Crippen LogP) is 2.81. The predicted molar refractivity (Wildman–Crippen MR) is 85.1 cm³/mol. The van der Waals surface area contributed by atoms with Crippen LogP contribution in [0.3, 0.4) is 0 Å². The fourth-order valence-corrected chi connectivity index (χ4v) is 2.26. The second-order valence-corrected chi connectivity index (χ2v) is 5.15. The number of nitrogens with one attached hydrogen (secondary N) is 1. The number of amides is 1. The van der Waals surface area contributed by atoms with Crippen LogP contribution in [0.2, 0.25) is 0 Å².